The Bertz CT molecular complexity index is 1720. The maximum Gasteiger partial charge on any atom is 0.340 e. The van der Waals surface area contributed by atoms with E-state index in [-0.39, 0.29) is 18.8 Å². The van der Waals surface area contributed by atoms with Crippen LogP contribution >= 0.6 is 27.7 Å². The van der Waals surface area contributed by atoms with Crippen LogP contribution in [-0.4, -0.2) is 52.4 Å². The minimum absolute atomic E-state index is 0.119. The van der Waals surface area contributed by atoms with Crippen LogP contribution in [0.1, 0.15) is 39.0 Å². The number of fused-ring (bicyclic) bond motifs is 2. The maximum absolute atomic E-state index is 12.8. The second-order valence-electron chi connectivity index (χ2n) is 9.67. The van der Waals surface area contributed by atoms with E-state index in [0.717, 1.165) is 15.4 Å². The Balaban J connectivity index is 1.51. The maximum atomic E-state index is 12.8. The normalized spacial score (nSPS) is 20.4. The molecule has 42 heavy (non-hydrogen) atoms. The highest BCUT2D eigenvalue weighted by Crippen LogP contribution is 2.38. The molecule has 0 amide bonds. The summed E-state index contributed by atoms with van der Waals surface area (Å²) in [6.07, 6.45) is -3.47. The lowest BCUT2D eigenvalue weighted by Crippen LogP contribution is -2.52. The first-order valence-electron chi connectivity index (χ1n) is 13.0. The van der Waals surface area contributed by atoms with Gasteiger partial charge in [0.2, 0.25) is 0 Å². The van der Waals surface area contributed by atoms with E-state index in [9.17, 15) is 19.2 Å². The highest BCUT2D eigenvalue weighted by molar-refractivity contribution is 9.10. The molecular formula is C29H27BrN2O9S. The molecule has 11 nitrogen and oxygen atoms in total. The van der Waals surface area contributed by atoms with E-state index in [1.807, 2.05) is 34.9 Å². The Morgan fingerprint density at radius 3 is 2.55 bits per heavy atom. The molecule has 4 aromatic rings. The third-order valence-electron chi connectivity index (χ3n) is 6.54. The Morgan fingerprint density at radius 1 is 1.05 bits per heavy atom. The van der Waals surface area contributed by atoms with Crippen LogP contribution < -0.4 is 5.63 Å². The van der Waals surface area contributed by atoms with Crippen molar-refractivity contribution in [3.8, 4) is 0 Å². The number of hydrogen-bond acceptors (Lipinski definition) is 11. The standard InChI is InChI=1S/C29H27BrN2O9S/c1-15(33)37-13-25-27(39-17(3)35)24(38-16(2)34)12-26(40-25)32-22-7-5-4-6-21(22)31-29(32)42-14-19-10-18-11-20(30)8-9-23(18)41-28(19)36/h4-11,24-27H,12-14H2,1-3H3/t24-,25-,26-,27+/m1/s1. The second kappa shape index (κ2) is 12.7. The average Bonchev–Trinajstić information content (AvgIpc) is 3.30. The van der Waals surface area contributed by atoms with Crippen LogP contribution in [0.4, 0.5) is 0 Å². The fourth-order valence-corrected chi connectivity index (χ4v) is 6.24. The van der Waals surface area contributed by atoms with E-state index in [2.05, 4.69) is 15.9 Å². The predicted octanol–water partition coefficient (Wildman–Crippen LogP) is 4.91. The lowest BCUT2D eigenvalue weighted by Gasteiger charge is -2.40. The third kappa shape index (κ3) is 6.69. The molecule has 220 valence electrons. The lowest BCUT2D eigenvalue weighted by atomic mass is 10.00. The number of nitrogens with zero attached hydrogens (tertiary/aromatic N) is 2. The molecule has 3 heterocycles. The van der Waals surface area contributed by atoms with Crippen molar-refractivity contribution in [1.29, 1.82) is 0 Å². The molecule has 0 saturated carbocycles. The van der Waals surface area contributed by atoms with Crippen LogP contribution in [0.2, 0.25) is 0 Å². The monoisotopic (exact) mass is 658 g/mol. The Morgan fingerprint density at radius 2 is 1.81 bits per heavy atom. The summed E-state index contributed by atoms with van der Waals surface area (Å²) in [4.78, 5) is 53.2. The summed E-state index contributed by atoms with van der Waals surface area (Å²) in [5.41, 5.74) is 1.90. The van der Waals surface area contributed by atoms with Crippen LogP contribution in [0.5, 0.6) is 0 Å². The molecule has 2 aromatic carbocycles. The number of rotatable bonds is 8. The summed E-state index contributed by atoms with van der Waals surface area (Å²) < 4.78 is 30.9. The molecule has 4 atom stereocenters. The minimum Gasteiger partial charge on any atom is -0.463 e. The molecule has 0 aliphatic carbocycles. The molecule has 1 aliphatic heterocycles. The Kier molecular flexibility index (Phi) is 8.99. The van der Waals surface area contributed by atoms with Crippen molar-refractivity contribution in [2.24, 2.45) is 0 Å². The van der Waals surface area contributed by atoms with Crippen LogP contribution in [-0.2, 0) is 39.1 Å². The van der Waals surface area contributed by atoms with Gasteiger partial charge in [-0.2, -0.15) is 0 Å². The molecule has 0 spiro atoms. The predicted molar refractivity (Wildman–Crippen MR) is 156 cm³/mol. The molecule has 13 heteroatoms. The van der Waals surface area contributed by atoms with Crippen molar-refractivity contribution in [2.45, 2.75) is 62.6 Å². The van der Waals surface area contributed by atoms with Gasteiger partial charge in [0.1, 0.15) is 30.6 Å². The lowest BCUT2D eigenvalue weighted by molar-refractivity contribution is -0.227. The van der Waals surface area contributed by atoms with Gasteiger partial charge in [-0.15, -0.1) is 0 Å². The molecule has 1 saturated heterocycles. The number of carbonyl (C=O) groups is 3. The number of carbonyl (C=O) groups excluding carboxylic acids is 3. The van der Waals surface area contributed by atoms with E-state index in [1.165, 1.54) is 32.5 Å². The Hall–Kier alpha value is -3.68. The molecular weight excluding hydrogens is 632 g/mol. The van der Waals surface area contributed by atoms with Crippen molar-refractivity contribution in [3.63, 3.8) is 0 Å². The zero-order valence-corrected chi connectivity index (χ0v) is 25.3. The van der Waals surface area contributed by atoms with Crippen molar-refractivity contribution in [3.05, 3.63) is 69.0 Å². The molecule has 2 aromatic heterocycles. The van der Waals surface area contributed by atoms with E-state index >= 15 is 0 Å². The number of hydrogen-bond donors (Lipinski definition) is 0. The largest absolute Gasteiger partial charge is 0.463 e. The number of ether oxygens (including phenoxy) is 4. The first kappa shape index (κ1) is 29.8. The summed E-state index contributed by atoms with van der Waals surface area (Å²) in [6, 6.07) is 14.6. The van der Waals surface area contributed by atoms with Gasteiger partial charge in [-0.1, -0.05) is 39.8 Å². The molecule has 5 rings (SSSR count). The first-order valence-corrected chi connectivity index (χ1v) is 14.8. The number of aromatic nitrogens is 2. The molecule has 0 unspecified atom stereocenters. The van der Waals surface area contributed by atoms with Crippen LogP contribution in [0.15, 0.2) is 67.4 Å². The van der Waals surface area contributed by atoms with Crippen molar-refractivity contribution in [2.75, 3.05) is 6.61 Å². The minimum atomic E-state index is -1.01. The van der Waals surface area contributed by atoms with Gasteiger partial charge in [-0.05, 0) is 36.4 Å². The fourth-order valence-electron chi connectivity index (χ4n) is 4.86. The average molecular weight is 660 g/mol. The zero-order chi connectivity index (χ0) is 30.0. The summed E-state index contributed by atoms with van der Waals surface area (Å²) in [6.45, 7) is 3.52. The number of para-hydroxylation sites is 2. The van der Waals surface area contributed by atoms with Crippen LogP contribution in [0.3, 0.4) is 0 Å². The fraction of sp³-hybridized carbons (Fsp3) is 0.345. The highest BCUT2D eigenvalue weighted by Gasteiger charge is 2.45. The van der Waals surface area contributed by atoms with Gasteiger partial charge in [0.25, 0.3) is 0 Å². The SMILES string of the molecule is CC(=O)OC[C@H]1O[C@@H](n2c(SCc3cc4cc(Br)ccc4oc3=O)nc3ccccc32)C[C@@H](OC(C)=O)[C@@H]1OC(C)=O. The molecule has 1 fully saturated rings. The summed E-state index contributed by atoms with van der Waals surface area (Å²) >= 11 is 4.76. The van der Waals surface area contributed by atoms with Gasteiger partial charge in [-0.25, -0.2) is 9.78 Å². The van der Waals surface area contributed by atoms with E-state index in [1.54, 1.807) is 18.2 Å². The number of thioether (sulfide) groups is 1. The zero-order valence-electron chi connectivity index (χ0n) is 22.9. The smallest absolute Gasteiger partial charge is 0.340 e. The number of benzene rings is 2. The second-order valence-corrected chi connectivity index (χ2v) is 11.5. The Labute approximate surface area is 252 Å². The molecule has 0 radical (unpaired) electrons. The van der Waals surface area contributed by atoms with Gasteiger partial charge in [0.05, 0.1) is 11.0 Å². The molecule has 0 N–H and O–H groups in total. The van der Waals surface area contributed by atoms with E-state index in [0.29, 0.717) is 21.8 Å². The number of esters is 3. The highest BCUT2D eigenvalue weighted by atomic mass is 79.9. The van der Waals surface area contributed by atoms with Crippen molar-refractivity contribution >= 4 is 67.6 Å². The van der Waals surface area contributed by atoms with Gasteiger partial charge < -0.3 is 23.4 Å². The van der Waals surface area contributed by atoms with Crippen molar-refractivity contribution < 1.29 is 37.7 Å². The summed E-state index contributed by atoms with van der Waals surface area (Å²) in [5.74, 6) is -1.46. The number of halogens is 1. The summed E-state index contributed by atoms with van der Waals surface area (Å²) in [5, 5.41) is 1.31. The topological polar surface area (TPSA) is 136 Å². The first-order chi connectivity index (χ1) is 20.1. The molecule has 0 bridgehead atoms. The third-order valence-corrected chi connectivity index (χ3v) is 8.04. The number of imidazole rings is 1. The van der Waals surface area contributed by atoms with E-state index < -0.39 is 48.1 Å². The van der Waals surface area contributed by atoms with E-state index in [4.69, 9.17) is 28.3 Å². The van der Waals surface area contributed by atoms with Crippen LogP contribution in [0.25, 0.3) is 22.0 Å². The van der Waals surface area contributed by atoms with Gasteiger partial charge in [0, 0.05) is 48.4 Å². The van der Waals surface area contributed by atoms with Gasteiger partial charge >= 0.3 is 23.5 Å². The van der Waals surface area contributed by atoms with Crippen LogP contribution in [0, 0.1) is 0 Å². The van der Waals surface area contributed by atoms with Gasteiger partial charge in [-0.3, -0.25) is 19.0 Å². The summed E-state index contributed by atoms with van der Waals surface area (Å²) in [7, 11) is 0. The van der Waals surface area contributed by atoms with Crippen molar-refractivity contribution in [1.82, 2.24) is 9.55 Å². The quantitative estimate of drug-likeness (QED) is 0.110. The van der Waals surface area contributed by atoms with Gasteiger partial charge in [0.15, 0.2) is 11.3 Å². The molecule has 1 aliphatic rings.